The van der Waals surface area contributed by atoms with E-state index in [1.54, 1.807) is 31.2 Å². The molecule has 1 N–H and O–H groups in total. The van der Waals surface area contributed by atoms with Crippen molar-refractivity contribution in [2.24, 2.45) is 0 Å². The number of esters is 1. The van der Waals surface area contributed by atoms with Crippen molar-refractivity contribution in [2.75, 3.05) is 25.0 Å². The lowest BCUT2D eigenvalue weighted by molar-refractivity contribution is -0.137. The molecule has 24 heavy (non-hydrogen) atoms. The Morgan fingerprint density at radius 3 is 2.54 bits per heavy atom. The van der Waals surface area contributed by atoms with E-state index in [9.17, 15) is 14.4 Å². The van der Waals surface area contributed by atoms with Crippen LogP contribution < -0.4 is 5.32 Å². The minimum atomic E-state index is -0.578. The Bertz CT molecular complexity index is 634. The largest absolute Gasteiger partial charge is 0.463 e. The molecule has 0 radical (unpaired) electrons. The fourth-order valence-corrected chi connectivity index (χ4v) is 2.55. The zero-order chi connectivity index (χ0) is 17.4. The van der Waals surface area contributed by atoms with E-state index in [1.807, 2.05) is 4.90 Å². The Morgan fingerprint density at radius 1 is 1.12 bits per heavy atom. The third-order valence-electron chi connectivity index (χ3n) is 3.72. The van der Waals surface area contributed by atoms with Gasteiger partial charge in [0.25, 0.3) is 5.91 Å². The van der Waals surface area contributed by atoms with E-state index in [2.05, 4.69) is 5.32 Å². The van der Waals surface area contributed by atoms with Crippen LogP contribution in [0.1, 0.15) is 36.5 Å². The molecule has 2 rings (SSSR count). The maximum atomic E-state index is 12.6. The van der Waals surface area contributed by atoms with Gasteiger partial charge in [-0.1, -0.05) is 12.1 Å². The summed E-state index contributed by atoms with van der Waals surface area (Å²) in [6.07, 6.45) is 5.31. The summed E-state index contributed by atoms with van der Waals surface area (Å²) < 4.78 is 4.72. The number of amides is 2. The Balaban J connectivity index is 2.06. The van der Waals surface area contributed by atoms with Gasteiger partial charge in [0.1, 0.15) is 0 Å². The quantitative estimate of drug-likeness (QED) is 0.664. The molecule has 6 heteroatoms. The number of carbonyl (C=O) groups excluding carboxylic acids is 3. The number of carbonyl (C=O) groups is 3. The Kier molecular flexibility index (Phi) is 6.54. The number of nitrogens with zero attached hydrogens (tertiary/aromatic N) is 1. The summed E-state index contributed by atoms with van der Waals surface area (Å²) in [4.78, 5) is 37.6. The Morgan fingerprint density at radius 2 is 1.83 bits per heavy atom. The lowest BCUT2D eigenvalue weighted by Gasteiger charge is -2.27. The number of hydrogen-bond donors (Lipinski definition) is 1. The first-order valence-corrected chi connectivity index (χ1v) is 8.16. The number of rotatable bonds is 5. The standard InChI is InChI=1S/C18H22N2O4/c1-2-24-17(22)11-10-16(21)19-15-9-5-4-8-14(15)18(23)20-12-6-3-7-13-20/h4-5,8-11H,2-3,6-7,12-13H2,1H3,(H,19,21). The third kappa shape index (κ3) is 4.94. The number of nitrogens with one attached hydrogen (secondary N) is 1. The average molecular weight is 330 g/mol. The van der Waals surface area contributed by atoms with Crippen LogP contribution in [0.15, 0.2) is 36.4 Å². The van der Waals surface area contributed by atoms with Crippen LogP contribution in [0.3, 0.4) is 0 Å². The summed E-state index contributed by atoms with van der Waals surface area (Å²) in [7, 11) is 0. The van der Waals surface area contributed by atoms with Crippen molar-refractivity contribution < 1.29 is 19.1 Å². The number of piperidine rings is 1. The van der Waals surface area contributed by atoms with Gasteiger partial charge in [0, 0.05) is 25.2 Å². The molecule has 0 unspecified atom stereocenters. The van der Waals surface area contributed by atoms with Crippen LogP contribution in [0.25, 0.3) is 0 Å². The fraction of sp³-hybridized carbons (Fsp3) is 0.389. The molecule has 1 heterocycles. The van der Waals surface area contributed by atoms with Gasteiger partial charge in [-0.05, 0) is 38.3 Å². The molecule has 1 aromatic carbocycles. The van der Waals surface area contributed by atoms with Crippen molar-refractivity contribution in [3.8, 4) is 0 Å². The predicted molar refractivity (Wildman–Crippen MR) is 90.6 cm³/mol. The highest BCUT2D eigenvalue weighted by Gasteiger charge is 2.20. The summed E-state index contributed by atoms with van der Waals surface area (Å²) in [6, 6.07) is 6.88. The molecule has 1 saturated heterocycles. The highest BCUT2D eigenvalue weighted by molar-refractivity contribution is 6.07. The molecule has 0 atom stereocenters. The number of hydrogen-bond acceptors (Lipinski definition) is 4. The average Bonchev–Trinajstić information content (AvgIpc) is 2.61. The molecule has 2 amide bonds. The van der Waals surface area contributed by atoms with E-state index in [4.69, 9.17) is 4.74 Å². The minimum absolute atomic E-state index is 0.0834. The summed E-state index contributed by atoms with van der Waals surface area (Å²) in [5.41, 5.74) is 0.892. The van der Waals surface area contributed by atoms with Crippen LogP contribution in [0, 0.1) is 0 Å². The van der Waals surface area contributed by atoms with Crippen molar-refractivity contribution in [1.82, 2.24) is 4.90 Å². The first kappa shape index (κ1) is 17.7. The molecule has 6 nitrogen and oxygen atoms in total. The maximum absolute atomic E-state index is 12.6. The van der Waals surface area contributed by atoms with Crippen LogP contribution in [0.5, 0.6) is 0 Å². The lowest BCUT2D eigenvalue weighted by Crippen LogP contribution is -2.36. The molecule has 0 spiro atoms. The zero-order valence-electron chi connectivity index (χ0n) is 13.8. The number of likely N-dealkylation sites (tertiary alicyclic amines) is 1. The topological polar surface area (TPSA) is 75.7 Å². The number of ether oxygens (including phenoxy) is 1. The number of para-hydroxylation sites is 1. The van der Waals surface area contributed by atoms with Gasteiger partial charge in [-0.15, -0.1) is 0 Å². The summed E-state index contributed by atoms with van der Waals surface area (Å²) in [6.45, 7) is 3.42. The highest BCUT2D eigenvalue weighted by Crippen LogP contribution is 2.20. The van der Waals surface area contributed by atoms with E-state index in [0.29, 0.717) is 11.3 Å². The molecule has 0 saturated carbocycles. The van der Waals surface area contributed by atoms with Crippen LogP contribution in [-0.2, 0) is 14.3 Å². The lowest BCUT2D eigenvalue weighted by atomic mass is 10.1. The predicted octanol–water partition coefficient (Wildman–Crippen LogP) is 2.37. The molecule has 1 aliphatic heterocycles. The second-order valence-corrected chi connectivity index (χ2v) is 5.47. The summed E-state index contributed by atoms with van der Waals surface area (Å²) in [5, 5.41) is 2.65. The molecule has 1 aromatic rings. The monoisotopic (exact) mass is 330 g/mol. The molecular weight excluding hydrogens is 308 g/mol. The summed E-state index contributed by atoms with van der Waals surface area (Å²) in [5.74, 6) is -1.15. The molecular formula is C18H22N2O4. The normalized spacial score (nSPS) is 14.5. The molecule has 0 aromatic heterocycles. The summed E-state index contributed by atoms with van der Waals surface area (Å²) >= 11 is 0. The maximum Gasteiger partial charge on any atom is 0.330 e. The molecule has 128 valence electrons. The Hall–Kier alpha value is -2.63. The van der Waals surface area contributed by atoms with Crippen LogP contribution >= 0.6 is 0 Å². The van der Waals surface area contributed by atoms with Gasteiger partial charge in [0.2, 0.25) is 5.91 Å². The number of anilines is 1. The van der Waals surface area contributed by atoms with Gasteiger partial charge in [0.05, 0.1) is 17.9 Å². The van der Waals surface area contributed by atoms with E-state index < -0.39 is 11.9 Å². The second kappa shape index (κ2) is 8.86. The van der Waals surface area contributed by atoms with Crippen LogP contribution in [0.4, 0.5) is 5.69 Å². The van der Waals surface area contributed by atoms with Crippen molar-refractivity contribution in [1.29, 1.82) is 0 Å². The third-order valence-corrected chi connectivity index (χ3v) is 3.72. The Labute approximate surface area is 141 Å². The smallest absolute Gasteiger partial charge is 0.330 e. The van der Waals surface area contributed by atoms with Crippen LogP contribution in [-0.4, -0.2) is 42.4 Å². The van der Waals surface area contributed by atoms with Gasteiger partial charge in [-0.2, -0.15) is 0 Å². The van der Waals surface area contributed by atoms with Gasteiger partial charge >= 0.3 is 5.97 Å². The van der Waals surface area contributed by atoms with Gasteiger partial charge in [-0.25, -0.2) is 4.79 Å². The van der Waals surface area contributed by atoms with Crippen molar-refractivity contribution >= 4 is 23.5 Å². The van der Waals surface area contributed by atoms with E-state index >= 15 is 0 Å². The molecule has 1 fully saturated rings. The fourth-order valence-electron chi connectivity index (χ4n) is 2.55. The van der Waals surface area contributed by atoms with E-state index in [-0.39, 0.29) is 12.5 Å². The second-order valence-electron chi connectivity index (χ2n) is 5.47. The molecule has 0 aliphatic carbocycles. The SMILES string of the molecule is CCOC(=O)C=CC(=O)Nc1ccccc1C(=O)N1CCCCC1. The van der Waals surface area contributed by atoms with E-state index in [0.717, 1.165) is 44.5 Å². The van der Waals surface area contributed by atoms with Crippen LogP contribution in [0.2, 0.25) is 0 Å². The molecule has 0 bridgehead atoms. The molecule has 1 aliphatic rings. The van der Waals surface area contributed by atoms with Gasteiger partial charge in [-0.3, -0.25) is 9.59 Å². The zero-order valence-corrected chi connectivity index (χ0v) is 13.8. The minimum Gasteiger partial charge on any atom is -0.463 e. The van der Waals surface area contributed by atoms with Gasteiger partial charge in [0.15, 0.2) is 0 Å². The van der Waals surface area contributed by atoms with Crippen molar-refractivity contribution in [3.63, 3.8) is 0 Å². The first-order chi connectivity index (χ1) is 11.6. The first-order valence-electron chi connectivity index (χ1n) is 8.16. The van der Waals surface area contributed by atoms with Crippen molar-refractivity contribution in [2.45, 2.75) is 26.2 Å². The number of benzene rings is 1. The van der Waals surface area contributed by atoms with Crippen molar-refractivity contribution in [3.05, 3.63) is 42.0 Å². The van der Waals surface area contributed by atoms with Gasteiger partial charge < -0.3 is 15.0 Å². The van der Waals surface area contributed by atoms with E-state index in [1.165, 1.54) is 0 Å². The highest BCUT2D eigenvalue weighted by atomic mass is 16.5.